The van der Waals surface area contributed by atoms with Gasteiger partial charge < -0.3 is 14.8 Å². The van der Waals surface area contributed by atoms with Crippen molar-refractivity contribution in [1.29, 1.82) is 0 Å². The van der Waals surface area contributed by atoms with Crippen LogP contribution in [0.15, 0.2) is 40.9 Å². The molecule has 0 amide bonds. The second kappa shape index (κ2) is 6.86. The summed E-state index contributed by atoms with van der Waals surface area (Å²) in [4.78, 5) is 0. The molecule has 0 aliphatic rings. The van der Waals surface area contributed by atoms with E-state index in [1.165, 1.54) is 0 Å². The molecule has 0 aliphatic carbocycles. The van der Waals surface area contributed by atoms with Crippen LogP contribution in [0.5, 0.6) is 11.5 Å². The van der Waals surface area contributed by atoms with Crippen LogP contribution in [0.25, 0.3) is 0 Å². The van der Waals surface area contributed by atoms with Gasteiger partial charge >= 0.3 is 0 Å². The molecule has 0 spiro atoms. The van der Waals surface area contributed by atoms with E-state index in [2.05, 4.69) is 21.2 Å². The minimum Gasteiger partial charge on any atom is -0.497 e. The number of hydrogen-bond donors (Lipinski definition) is 1. The number of hydrogen-bond acceptors (Lipinski definition) is 3. The van der Waals surface area contributed by atoms with Gasteiger partial charge in [-0.1, -0.05) is 17.7 Å². The van der Waals surface area contributed by atoms with E-state index in [-0.39, 0.29) is 0 Å². The van der Waals surface area contributed by atoms with Gasteiger partial charge in [-0.2, -0.15) is 0 Å². The Morgan fingerprint density at radius 2 is 1.90 bits per heavy atom. The monoisotopic (exact) mass is 355 g/mol. The molecule has 0 heterocycles. The second-order valence-corrected chi connectivity index (χ2v) is 5.43. The van der Waals surface area contributed by atoms with Crippen molar-refractivity contribution in [1.82, 2.24) is 0 Å². The maximum atomic E-state index is 6.15. The largest absolute Gasteiger partial charge is 0.497 e. The van der Waals surface area contributed by atoms with Gasteiger partial charge in [0.2, 0.25) is 0 Å². The Labute approximate surface area is 132 Å². The van der Waals surface area contributed by atoms with Crippen LogP contribution in [0.1, 0.15) is 5.56 Å². The second-order valence-electron chi connectivity index (χ2n) is 4.17. The van der Waals surface area contributed by atoms with Crippen molar-refractivity contribution in [3.05, 3.63) is 51.5 Å². The molecule has 0 bridgehead atoms. The zero-order chi connectivity index (χ0) is 14.5. The van der Waals surface area contributed by atoms with E-state index in [0.717, 1.165) is 27.2 Å². The van der Waals surface area contributed by atoms with Gasteiger partial charge in [-0.05, 0) is 45.8 Å². The molecule has 20 heavy (non-hydrogen) atoms. The van der Waals surface area contributed by atoms with Gasteiger partial charge in [-0.3, -0.25) is 0 Å². The summed E-state index contributed by atoms with van der Waals surface area (Å²) in [6.45, 7) is 0.662. The van der Waals surface area contributed by atoms with Crippen LogP contribution in [0.3, 0.4) is 0 Å². The average Bonchev–Trinajstić information content (AvgIpc) is 2.46. The Morgan fingerprint density at radius 1 is 1.10 bits per heavy atom. The fourth-order valence-corrected chi connectivity index (χ4v) is 2.56. The molecule has 0 saturated heterocycles. The van der Waals surface area contributed by atoms with Crippen LogP contribution in [-0.2, 0) is 6.54 Å². The summed E-state index contributed by atoms with van der Waals surface area (Å²) in [6.07, 6.45) is 0. The Morgan fingerprint density at radius 3 is 2.55 bits per heavy atom. The fraction of sp³-hybridized carbons (Fsp3) is 0.200. The van der Waals surface area contributed by atoms with E-state index in [0.29, 0.717) is 11.6 Å². The Balaban J connectivity index is 2.10. The van der Waals surface area contributed by atoms with E-state index in [9.17, 15) is 0 Å². The maximum absolute atomic E-state index is 6.15. The highest BCUT2D eigenvalue weighted by Gasteiger charge is 2.04. The highest BCUT2D eigenvalue weighted by Crippen LogP contribution is 2.29. The van der Waals surface area contributed by atoms with Gasteiger partial charge in [-0.15, -0.1) is 0 Å². The van der Waals surface area contributed by atoms with Crippen LogP contribution in [-0.4, -0.2) is 14.2 Å². The predicted octanol–water partition coefficient (Wildman–Crippen LogP) is 4.73. The maximum Gasteiger partial charge on any atom is 0.133 e. The minimum atomic E-state index is 0.662. The summed E-state index contributed by atoms with van der Waals surface area (Å²) >= 11 is 9.62. The molecule has 0 atom stereocenters. The van der Waals surface area contributed by atoms with Crippen LogP contribution >= 0.6 is 27.5 Å². The topological polar surface area (TPSA) is 30.5 Å². The first kappa shape index (κ1) is 15.0. The van der Waals surface area contributed by atoms with Crippen LogP contribution < -0.4 is 14.8 Å². The Bertz CT molecular complexity index is 604. The van der Waals surface area contributed by atoms with Crippen LogP contribution in [0.4, 0.5) is 5.69 Å². The number of ether oxygens (including phenoxy) is 2. The first-order valence-corrected chi connectivity index (χ1v) is 7.21. The zero-order valence-electron chi connectivity index (χ0n) is 11.2. The first-order valence-electron chi connectivity index (χ1n) is 6.04. The van der Waals surface area contributed by atoms with E-state index in [4.69, 9.17) is 21.1 Å². The smallest absolute Gasteiger partial charge is 0.133 e. The number of rotatable bonds is 5. The molecule has 0 fully saturated rings. The lowest BCUT2D eigenvalue weighted by Crippen LogP contribution is -2.00. The summed E-state index contributed by atoms with van der Waals surface area (Å²) in [7, 11) is 3.28. The molecule has 0 aliphatic heterocycles. The molecule has 0 radical (unpaired) electrons. The summed E-state index contributed by atoms with van der Waals surface area (Å²) < 4.78 is 11.3. The number of nitrogens with one attached hydrogen (secondary N) is 1. The Hall–Kier alpha value is -1.39. The quantitative estimate of drug-likeness (QED) is 0.840. The lowest BCUT2D eigenvalue weighted by molar-refractivity contribution is 0.412. The third-order valence-corrected chi connectivity index (χ3v) is 3.82. The van der Waals surface area contributed by atoms with Crippen molar-refractivity contribution in [2.75, 3.05) is 19.5 Å². The molecule has 0 aromatic heterocycles. The summed E-state index contributed by atoms with van der Waals surface area (Å²) in [5.74, 6) is 1.58. The van der Waals surface area contributed by atoms with Crippen LogP contribution in [0.2, 0.25) is 5.02 Å². The van der Waals surface area contributed by atoms with Crippen LogP contribution in [0, 0.1) is 0 Å². The summed E-state index contributed by atoms with van der Waals surface area (Å²) in [5, 5.41) is 3.96. The van der Waals surface area contributed by atoms with Crippen molar-refractivity contribution in [2.45, 2.75) is 6.54 Å². The lowest BCUT2D eigenvalue weighted by atomic mass is 10.2. The van der Waals surface area contributed by atoms with Crippen molar-refractivity contribution in [2.24, 2.45) is 0 Å². The zero-order valence-corrected chi connectivity index (χ0v) is 13.6. The molecule has 106 valence electrons. The molecule has 2 aromatic rings. The van der Waals surface area contributed by atoms with E-state index in [1.807, 2.05) is 36.4 Å². The normalized spacial score (nSPS) is 10.2. The molecule has 0 unspecified atom stereocenters. The SMILES string of the molecule is COc1ccc(Cl)c(NCc2ccc(OC)c(Br)c2)c1. The van der Waals surface area contributed by atoms with Gasteiger partial charge in [0.05, 0.1) is 29.4 Å². The van der Waals surface area contributed by atoms with Crippen molar-refractivity contribution in [3.63, 3.8) is 0 Å². The molecular formula is C15H15BrClNO2. The molecule has 0 saturated carbocycles. The van der Waals surface area contributed by atoms with Gasteiger partial charge in [0.25, 0.3) is 0 Å². The van der Waals surface area contributed by atoms with E-state index < -0.39 is 0 Å². The van der Waals surface area contributed by atoms with Gasteiger partial charge in [-0.25, -0.2) is 0 Å². The first-order chi connectivity index (χ1) is 9.63. The van der Waals surface area contributed by atoms with E-state index >= 15 is 0 Å². The fourth-order valence-electron chi connectivity index (χ4n) is 1.78. The van der Waals surface area contributed by atoms with Crippen molar-refractivity contribution < 1.29 is 9.47 Å². The van der Waals surface area contributed by atoms with Gasteiger partial charge in [0.1, 0.15) is 11.5 Å². The molecule has 1 N–H and O–H groups in total. The molecule has 5 heteroatoms. The molecule has 2 aromatic carbocycles. The summed E-state index contributed by atoms with van der Waals surface area (Å²) in [5.41, 5.74) is 1.97. The number of halogens is 2. The summed E-state index contributed by atoms with van der Waals surface area (Å²) in [6, 6.07) is 11.5. The highest BCUT2D eigenvalue weighted by atomic mass is 79.9. The number of anilines is 1. The molecule has 3 nitrogen and oxygen atoms in total. The molecule has 2 rings (SSSR count). The van der Waals surface area contributed by atoms with E-state index in [1.54, 1.807) is 14.2 Å². The standard InChI is InChI=1S/C15H15BrClNO2/c1-19-11-4-5-13(17)14(8-11)18-9-10-3-6-15(20-2)12(16)7-10/h3-8,18H,9H2,1-2H3. The minimum absolute atomic E-state index is 0.662. The van der Waals surface area contributed by atoms with Crippen molar-refractivity contribution in [3.8, 4) is 11.5 Å². The highest BCUT2D eigenvalue weighted by molar-refractivity contribution is 9.10. The molecular weight excluding hydrogens is 342 g/mol. The van der Waals surface area contributed by atoms with Gasteiger partial charge in [0, 0.05) is 12.6 Å². The Kier molecular flexibility index (Phi) is 5.15. The lowest BCUT2D eigenvalue weighted by Gasteiger charge is -2.11. The number of benzene rings is 2. The third-order valence-electron chi connectivity index (χ3n) is 2.87. The number of methoxy groups -OCH3 is 2. The predicted molar refractivity (Wildman–Crippen MR) is 86.0 cm³/mol. The van der Waals surface area contributed by atoms with Gasteiger partial charge in [0.15, 0.2) is 0 Å². The van der Waals surface area contributed by atoms with Crippen molar-refractivity contribution >= 4 is 33.2 Å². The average molecular weight is 357 g/mol. The third kappa shape index (κ3) is 3.58.